The maximum absolute atomic E-state index is 12.9. The molecule has 7 nitrogen and oxygen atoms in total. The van der Waals surface area contributed by atoms with Gasteiger partial charge in [-0.15, -0.1) is 0 Å². The van der Waals surface area contributed by atoms with Gasteiger partial charge in [0.25, 0.3) is 5.91 Å². The van der Waals surface area contributed by atoms with E-state index in [1.165, 1.54) is 6.92 Å². The molecule has 0 saturated heterocycles. The van der Waals surface area contributed by atoms with E-state index in [9.17, 15) is 9.59 Å². The molecule has 1 atom stereocenters. The molecule has 7 heteroatoms. The van der Waals surface area contributed by atoms with Crippen molar-refractivity contribution in [2.24, 2.45) is 0 Å². The number of carbonyl (C=O) groups is 2. The minimum Gasteiger partial charge on any atom is -0.449 e. The molecule has 2 aromatic carbocycles. The van der Waals surface area contributed by atoms with E-state index in [1.807, 2.05) is 60.7 Å². The Bertz CT molecular complexity index is 971. The van der Waals surface area contributed by atoms with E-state index in [0.29, 0.717) is 31.0 Å². The second kappa shape index (κ2) is 10.4. The minimum absolute atomic E-state index is 0.314. The van der Waals surface area contributed by atoms with E-state index in [1.54, 1.807) is 18.0 Å². The number of nitrogens with one attached hydrogen (secondary N) is 1. The second-order valence-corrected chi connectivity index (χ2v) is 6.77. The van der Waals surface area contributed by atoms with Crippen LogP contribution in [0.4, 0.5) is 0 Å². The van der Waals surface area contributed by atoms with Crippen LogP contribution in [0.15, 0.2) is 66.9 Å². The summed E-state index contributed by atoms with van der Waals surface area (Å²) in [5.41, 5.74) is 2.69. The van der Waals surface area contributed by atoms with Crippen LogP contribution in [0.5, 0.6) is 0 Å². The van der Waals surface area contributed by atoms with Crippen molar-refractivity contribution >= 4 is 11.9 Å². The van der Waals surface area contributed by atoms with Gasteiger partial charge < -0.3 is 14.8 Å². The number of rotatable bonds is 9. The molecule has 3 aromatic rings. The zero-order valence-corrected chi connectivity index (χ0v) is 17.1. The summed E-state index contributed by atoms with van der Waals surface area (Å²) in [7, 11) is 1.55. The molecule has 0 spiro atoms. The summed E-state index contributed by atoms with van der Waals surface area (Å²) >= 11 is 0. The molecule has 0 aliphatic rings. The van der Waals surface area contributed by atoms with Gasteiger partial charge in [0.1, 0.15) is 11.3 Å². The van der Waals surface area contributed by atoms with Crippen molar-refractivity contribution in [3.63, 3.8) is 0 Å². The Balaban J connectivity index is 1.81. The highest BCUT2D eigenvalue weighted by Gasteiger charge is 2.24. The second-order valence-electron chi connectivity index (χ2n) is 6.77. The van der Waals surface area contributed by atoms with E-state index in [0.717, 1.165) is 11.1 Å². The topological polar surface area (TPSA) is 82.5 Å². The predicted molar refractivity (Wildman–Crippen MR) is 113 cm³/mol. The van der Waals surface area contributed by atoms with Crippen LogP contribution in [-0.4, -0.2) is 48.0 Å². The standard InChI is InChI=1S/C23H25N3O4/c1-17(22(27)24-13-14-29-2)30-23(28)20-16-26(15-18-9-5-3-6-10-18)25-21(20)19-11-7-4-8-12-19/h3-12,16-17H,13-15H2,1-2H3,(H,24,27)/t17-/m0/s1. The van der Waals surface area contributed by atoms with Gasteiger partial charge in [-0.25, -0.2) is 4.79 Å². The van der Waals surface area contributed by atoms with Crippen LogP contribution < -0.4 is 5.32 Å². The van der Waals surface area contributed by atoms with E-state index >= 15 is 0 Å². The van der Waals surface area contributed by atoms with Crippen molar-refractivity contribution in [2.45, 2.75) is 19.6 Å². The third kappa shape index (κ3) is 5.55. The highest BCUT2D eigenvalue weighted by molar-refractivity contribution is 5.97. The fourth-order valence-corrected chi connectivity index (χ4v) is 2.93. The number of nitrogens with zero attached hydrogens (tertiary/aromatic N) is 2. The van der Waals surface area contributed by atoms with Crippen molar-refractivity contribution < 1.29 is 19.1 Å². The minimum atomic E-state index is -0.935. The molecular formula is C23H25N3O4. The highest BCUT2D eigenvalue weighted by atomic mass is 16.5. The van der Waals surface area contributed by atoms with Gasteiger partial charge in [0.15, 0.2) is 6.10 Å². The number of hydrogen-bond acceptors (Lipinski definition) is 5. The van der Waals surface area contributed by atoms with Crippen LogP contribution in [0.3, 0.4) is 0 Å². The third-order valence-corrected chi connectivity index (χ3v) is 4.47. The lowest BCUT2D eigenvalue weighted by atomic mass is 10.1. The zero-order valence-electron chi connectivity index (χ0n) is 17.1. The van der Waals surface area contributed by atoms with E-state index in [2.05, 4.69) is 10.4 Å². The Morgan fingerprint density at radius 2 is 1.73 bits per heavy atom. The maximum Gasteiger partial charge on any atom is 0.342 e. The summed E-state index contributed by atoms with van der Waals surface area (Å²) in [6.45, 7) is 2.79. The first-order chi connectivity index (χ1) is 14.6. The molecule has 1 N–H and O–H groups in total. The number of aromatic nitrogens is 2. The molecule has 0 bridgehead atoms. The van der Waals surface area contributed by atoms with Crippen molar-refractivity contribution in [1.82, 2.24) is 15.1 Å². The molecular weight excluding hydrogens is 382 g/mol. The normalized spacial score (nSPS) is 11.7. The van der Waals surface area contributed by atoms with Crippen LogP contribution in [-0.2, 0) is 20.8 Å². The van der Waals surface area contributed by atoms with Gasteiger partial charge in [-0.2, -0.15) is 5.10 Å². The summed E-state index contributed by atoms with van der Waals surface area (Å²) in [4.78, 5) is 25.0. The summed E-state index contributed by atoms with van der Waals surface area (Å²) < 4.78 is 12.0. The SMILES string of the molecule is COCCNC(=O)[C@H](C)OC(=O)c1cn(Cc2ccccc2)nc1-c1ccccc1. The van der Waals surface area contributed by atoms with Crippen LogP contribution in [0.1, 0.15) is 22.8 Å². The predicted octanol–water partition coefficient (Wildman–Crippen LogP) is 2.91. The molecule has 0 fully saturated rings. The summed E-state index contributed by atoms with van der Waals surface area (Å²) in [5, 5.41) is 7.27. The Hall–Kier alpha value is -3.45. The molecule has 1 amide bonds. The fraction of sp³-hybridized carbons (Fsp3) is 0.261. The first kappa shape index (κ1) is 21.3. The maximum atomic E-state index is 12.9. The van der Waals surface area contributed by atoms with Crippen LogP contribution in [0.25, 0.3) is 11.3 Å². The lowest BCUT2D eigenvalue weighted by Crippen LogP contribution is -2.37. The fourth-order valence-electron chi connectivity index (χ4n) is 2.93. The molecule has 0 unspecified atom stereocenters. The molecule has 0 saturated carbocycles. The number of hydrogen-bond donors (Lipinski definition) is 1. The van der Waals surface area contributed by atoms with Gasteiger partial charge in [0.05, 0.1) is 13.2 Å². The Labute approximate surface area is 175 Å². The molecule has 0 aliphatic heterocycles. The number of benzene rings is 2. The van der Waals surface area contributed by atoms with Crippen molar-refractivity contribution in [3.8, 4) is 11.3 Å². The number of methoxy groups -OCH3 is 1. The molecule has 1 aromatic heterocycles. The molecule has 156 valence electrons. The lowest BCUT2D eigenvalue weighted by molar-refractivity contribution is -0.129. The van der Waals surface area contributed by atoms with Crippen LogP contribution in [0.2, 0.25) is 0 Å². The summed E-state index contributed by atoms with van der Waals surface area (Å²) in [6, 6.07) is 19.3. The highest BCUT2D eigenvalue weighted by Crippen LogP contribution is 2.23. The van der Waals surface area contributed by atoms with Gasteiger partial charge >= 0.3 is 5.97 Å². The van der Waals surface area contributed by atoms with Gasteiger partial charge in [-0.1, -0.05) is 60.7 Å². The van der Waals surface area contributed by atoms with Crippen molar-refractivity contribution in [3.05, 3.63) is 78.0 Å². The van der Waals surface area contributed by atoms with Crippen molar-refractivity contribution in [2.75, 3.05) is 20.3 Å². The summed E-state index contributed by atoms with van der Waals surface area (Å²) in [6.07, 6.45) is 0.725. The van der Waals surface area contributed by atoms with Gasteiger partial charge in [0.2, 0.25) is 0 Å². The first-order valence-electron chi connectivity index (χ1n) is 9.73. The summed E-state index contributed by atoms with van der Waals surface area (Å²) in [5.74, 6) is -0.971. The molecule has 1 heterocycles. The zero-order chi connectivity index (χ0) is 21.3. The molecule has 30 heavy (non-hydrogen) atoms. The van der Waals surface area contributed by atoms with Crippen LogP contribution in [0, 0.1) is 0 Å². The van der Waals surface area contributed by atoms with Crippen molar-refractivity contribution in [1.29, 1.82) is 0 Å². The molecule has 3 rings (SSSR count). The van der Waals surface area contributed by atoms with Gasteiger partial charge in [-0.05, 0) is 12.5 Å². The monoisotopic (exact) mass is 407 g/mol. The first-order valence-corrected chi connectivity index (χ1v) is 9.73. The average molecular weight is 407 g/mol. The quantitative estimate of drug-likeness (QED) is 0.436. The van der Waals surface area contributed by atoms with E-state index in [4.69, 9.17) is 9.47 Å². The van der Waals surface area contributed by atoms with E-state index in [-0.39, 0.29) is 5.91 Å². The molecule has 0 aliphatic carbocycles. The number of carbonyl (C=O) groups excluding carboxylic acids is 2. The van der Waals surface area contributed by atoms with Crippen LogP contribution >= 0.6 is 0 Å². The molecule has 0 radical (unpaired) electrons. The number of ether oxygens (including phenoxy) is 2. The Morgan fingerprint density at radius 1 is 1.07 bits per heavy atom. The smallest absolute Gasteiger partial charge is 0.342 e. The van der Waals surface area contributed by atoms with E-state index < -0.39 is 12.1 Å². The largest absolute Gasteiger partial charge is 0.449 e. The number of esters is 1. The Morgan fingerprint density at radius 3 is 2.40 bits per heavy atom. The average Bonchev–Trinajstić information content (AvgIpc) is 3.19. The third-order valence-electron chi connectivity index (χ3n) is 4.47. The lowest BCUT2D eigenvalue weighted by Gasteiger charge is -2.13. The van der Waals surface area contributed by atoms with Gasteiger partial charge in [0, 0.05) is 25.4 Å². The number of amides is 1. The van der Waals surface area contributed by atoms with Gasteiger partial charge in [-0.3, -0.25) is 9.48 Å². The Kier molecular flexibility index (Phi) is 7.34.